The number of nitrogens with one attached hydrogen (secondary N) is 1. The fraction of sp³-hybridized carbons (Fsp3) is 0.385. The van der Waals surface area contributed by atoms with Gasteiger partial charge in [0.1, 0.15) is 5.75 Å². The summed E-state index contributed by atoms with van der Waals surface area (Å²) in [6.45, 7) is -0.00518. The number of carbonyl (C=O) groups excluding carboxylic acids is 1. The van der Waals surface area contributed by atoms with Gasteiger partial charge in [0.2, 0.25) is 0 Å². The minimum Gasteiger partial charge on any atom is -0.484 e. The molecule has 5 nitrogen and oxygen atoms in total. The molecule has 1 fully saturated rings. The Morgan fingerprint density at radius 3 is 2.50 bits per heavy atom. The first-order valence-electron chi connectivity index (χ1n) is 5.86. The molecule has 1 amide bonds. The molecule has 0 bridgehead atoms. The number of hydrogen-bond acceptors (Lipinski definition) is 3. The molecule has 0 heterocycles. The van der Waals surface area contributed by atoms with E-state index in [1.54, 1.807) is 24.3 Å². The highest BCUT2D eigenvalue weighted by atomic mass is 16.5. The molecule has 0 unspecified atom stereocenters. The average Bonchev–Trinajstić information content (AvgIpc) is 3.11. The molecule has 96 valence electrons. The van der Waals surface area contributed by atoms with E-state index in [0.717, 1.165) is 12.8 Å². The molecule has 0 aliphatic heterocycles. The third kappa shape index (κ3) is 4.08. The highest BCUT2D eigenvalue weighted by molar-refractivity contribution is 5.78. The van der Waals surface area contributed by atoms with Gasteiger partial charge in [-0.3, -0.25) is 9.59 Å². The smallest absolute Gasteiger partial charge is 0.307 e. The van der Waals surface area contributed by atoms with Crippen LogP contribution in [0, 0.1) is 0 Å². The summed E-state index contributed by atoms with van der Waals surface area (Å²) in [5.74, 6) is -0.422. The molecule has 1 saturated carbocycles. The molecule has 0 spiro atoms. The summed E-state index contributed by atoms with van der Waals surface area (Å²) in [7, 11) is 0. The zero-order valence-corrected chi connectivity index (χ0v) is 9.89. The predicted octanol–water partition coefficient (Wildman–Crippen LogP) is 0.971. The monoisotopic (exact) mass is 249 g/mol. The Bertz CT molecular complexity index is 437. The van der Waals surface area contributed by atoms with E-state index < -0.39 is 5.97 Å². The van der Waals surface area contributed by atoms with E-state index in [2.05, 4.69) is 5.32 Å². The molecule has 0 saturated heterocycles. The maximum Gasteiger partial charge on any atom is 0.307 e. The van der Waals surface area contributed by atoms with Crippen molar-refractivity contribution in [3.8, 4) is 5.75 Å². The summed E-state index contributed by atoms with van der Waals surface area (Å²) in [6, 6.07) is 7.04. The quantitative estimate of drug-likeness (QED) is 0.787. The third-order valence-electron chi connectivity index (χ3n) is 2.59. The number of amides is 1. The largest absolute Gasteiger partial charge is 0.484 e. The topological polar surface area (TPSA) is 75.6 Å². The molecule has 1 aromatic rings. The minimum atomic E-state index is -0.868. The predicted molar refractivity (Wildman–Crippen MR) is 64.4 cm³/mol. The van der Waals surface area contributed by atoms with Crippen LogP contribution in [0.3, 0.4) is 0 Å². The van der Waals surface area contributed by atoms with Crippen LogP contribution in [0.1, 0.15) is 18.4 Å². The van der Waals surface area contributed by atoms with E-state index in [1.165, 1.54) is 0 Å². The summed E-state index contributed by atoms with van der Waals surface area (Å²) in [5, 5.41) is 11.4. The third-order valence-corrected chi connectivity index (χ3v) is 2.59. The lowest BCUT2D eigenvalue weighted by Crippen LogP contribution is -2.30. The lowest BCUT2D eigenvalue weighted by molar-refractivity contribution is -0.136. The number of ether oxygens (including phenoxy) is 1. The second kappa shape index (κ2) is 5.53. The molecular formula is C13H15NO4. The Labute approximate surface area is 105 Å². The lowest BCUT2D eigenvalue weighted by Gasteiger charge is -2.07. The number of rotatable bonds is 6. The van der Waals surface area contributed by atoms with Gasteiger partial charge in [0, 0.05) is 6.04 Å². The Hall–Kier alpha value is -2.04. The number of carboxylic acid groups (broad SMARTS) is 1. The van der Waals surface area contributed by atoms with Crippen LogP contribution in [0.25, 0.3) is 0 Å². The standard InChI is InChI=1S/C13H15NO4/c15-12(14-10-3-4-10)8-18-11-5-1-9(2-6-11)7-13(16)17/h1-2,5-6,10H,3-4,7-8H2,(H,14,15)(H,16,17). The second-order valence-corrected chi connectivity index (χ2v) is 4.34. The van der Waals surface area contributed by atoms with Gasteiger partial charge >= 0.3 is 5.97 Å². The fourth-order valence-corrected chi connectivity index (χ4v) is 1.52. The van der Waals surface area contributed by atoms with Crippen molar-refractivity contribution in [2.45, 2.75) is 25.3 Å². The molecule has 0 radical (unpaired) electrons. The van der Waals surface area contributed by atoms with Gasteiger partial charge < -0.3 is 15.2 Å². The van der Waals surface area contributed by atoms with Crippen molar-refractivity contribution in [3.05, 3.63) is 29.8 Å². The van der Waals surface area contributed by atoms with Gasteiger partial charge in [0.05, 0.1) is 6.42 Å². The first kappa shape index (κ1) is 12.4. The molecule has 1 aromatic carbocycles. The van der Waals surface area contributed by atoms with Gasteiger partial charge in [-0.25, -0.2) is 0 Å². The van der Waals surface area contributed by atoms with Gasteiger partial charge in [-0.15, -0.1) is 0 Å². The normalized spacial score (nSPS) is 14.0. The number of carboxylic acids is 1. The zero-order valence-electron chi connectivity index (χ0n) is 9.89. The Morgan fingerprint density at radius 2 is 1.94 bits per heavy atom. The molecule has 2 rings (SSSR count). The lowest BCUT2D eigenvalue weighted by atomic mass is 10.1. The van der Waals surface area contributed by atoms with Crippen molar-refractivity contribution in [1.29, 1.82) is 0 Å². The van der Waals surface area contributed by atoms with Crippen LogP contribution >= 0.6 is 0 Å². The van der Waals surface area contributed by atoms with Crippen LogP contribution in [-0.2, 0) is 16.0 Å². The van der Waals surface area contributed by atoms with Crippen molar-refractivity contribution in [3.63, 3.8) is 0 Å². The van der Waals surface area contributed by atoms with Crippen molar-refractivity contribution in [2.75, 3.05) is 6.61 Å². The molecule has 1 aliphatic rings. The molecule has 5 heteroatoms. The summed E-state index contributed by atoms with van der Waals surface area (Å²) in [4.78, 5) is 21.9. The van der Waals surface area contributed by atoms with Crippen molar-refractivity contribution in [2.24, 2.45) is 0 Å². The van der Waals surface area contributed by atoms with Gasteiger partial charge in [-0.1, -0.05) is 12.1 Å². The van der Waals surface area contributed by atoms with Crippen LogP contribution in [0.5, 0.6) is 5.75 Å². The Morgan fingerprint density at radius 1 is 1.28 bits per heavy atom. The highest BCUT2D eigenvalue weighted by Gasteiger charge is 2.23. The van der Waals surface area contributed by atoms with E-state index in [-0.39, 0.29) is 18.9 Å². The van der Waals surface area contributed by atoms with Gasteiger partial charge in [-0.2, -0.15) is 0 Å². The first-order valence-corrected chi connectivity index (χ1v) is 5.86. The Kier molecular flexibility index (Phi) is 3.82. The van der Waals surface area contributed by atoms with E-state index in [0.29, 0.717) is 17.4 Å². The molecule has 1 aliphatic carbocycles. The molecule has 0 atom stereocenters. The zero-order chi connectivity index (χ0) is 13.0. The van der Waals surface area contributed by atoms with Crippen molar-refractivity contribution < 1.29 is 19.4 Å². The number of aliphatic carboxylic acids is 1. The van der Waals surface area contributed by atoms with Gasteiger partial charge in [-0.05, 0) is 30.5 Å². The van der Waals surface area contributed by atoms with Crippen LogP contribution in [0.2, 0.25) is 0 Å². The van der Waals surface area contributed by atoms with Crippen molar-refractivity contribution in [1.82, 2.24) is 5.32 Å². The van der Waals surface area contributed by atoms with Crippen LogP contribution < -0.4 is 10.1 Å². The summed E-state index contributed by atoms with van der Waals surface area (Å²) in [5.41, 5.74) is 0.706. The van der Waals surface area contributed by atoms with E-state index in [9.17, 15) is 9.59 Å². The van der Waals surface area contributed by atoms with Crippen LogP contribution in [0.15, 0.2) is 24.3 Å². The maximum absolute atomic E-state index is 11.4. The van der Waals surface area contributed by atoms with Gasteiger partial charge in [0.15, 0.2) is 6.61 Å². The Balaban J connectivity index is 1.78. The van der Waals surface area contributed by atoms with Crippen molar-refractivity contribution >= 4 is 11.9 Å². The summed E-state index contributed by atoms with van der Waals surface area (Å²) >= 11 is 0. The fourth-order valence-electron chi connectivity index (χ4n) is 1.52. The average molecular weight is 249 g/mol. The minimum absolute atomic E-state index is 0.00518. The SMILES string of the molecule is O=C(O)Cc1ccc(OCC(=O)NC2CC2)cc1. The number of hydrogen-bond donors (Lipinski definition) is 2. The number of carbonyl (C=O) groups is 2. The van der Waals surface area contributed by atoms with E-state index in [1.807, 2.05) is 0 Å². The number of benzene rings is 1. The summed E-state index contributed by atoms with van der Waals surface area (Å²) in [6.07, 6.45) is 2.09. The second-order valence-electron chi connectivity index (χ2n) is 4.34. The van der Waals surface area contributed by atoms with E-state index >= 15 is 0 Å². The van der Waals surface area contributed by atoms with Gasteiger partial charge in [0.25, 0.3) is 5.91 Å². The van der Waals surface area contributed by atoms with Crippen LogP contribution in [0.4, 0.5) is 0 Å². The maximum atomic E-state index is 11.4. The van der Waals surface area contributed by atoms with E-state index in [4.69, 9.17) is 9.84 Å². The molecule has 18 heavy (non-hydrogen) atoms. The first-order chi connectivity index (χ1) is 8.63. The molecule has 0 aromatic heterocycles. The van der Waals surface area contributed by atoms with Crippen LogP contribution in [-0.4, -0.2) is 29.6 Å². The summed E-state index contributed by atoms with van der Waals surface area (Å²) < 4.78 is 5.30. The molecular weight excluding hydrogens is 234 g/mol. The highest BCUT2D eigenvalue weighted by Crippen LogP contribution is 2.18. The molecule has 2 N–H and O–H groups in total.